The van der Waals surface area contributed by atoms with Gasteiger partial charge in [-0.3, -0.25) is 4.79 Å². The molecule has 0 aliphatic carbocycles. The van der Waals surface area contributed by atoms with Gasteiger partial charge in [0.05, 0.1) is 7.11 Å². The highest BCUT2D eigenvalue weighted by molar-refractivity contribution is 7.17. The van der Waals surface area contributed by atoms with E-state index in [1.807, 2.05) is 29.6 Å². The standard InChI is InChI=1S/C14H10N2O2S/c1-18-14-12(15-6-7-16-14)13(17)10-8-19-11-5-3-2-4-9(10)11/h2-8H,1H3. The summed E-state index contributed by atoms with van der Waals surface area (Å²) >= 11 is 1.54. The number of thiophene rings is 1. The largest absolute Gasteiger partial charge is 0.479 e. The van der Waals surface area contributed by atoms with Gasteiger partial charge >= 0.3 is 0 Å². The van der Waals surface area contributed by atoms with E-state index in [2.05, 4.69) is 9.97 Å². The maximum absolute atomic E-state index is 12.5. The lowest BCUT2D eigenvalue weighted by atomic mass is 10.1. The van der Waals surface area contributed by atoms with Crippen LogP contribution in [0.1, 0.15) is 16.1 Å². The molecule has 0 aliphatic rings. The molecular weight excluding hydrogens is 260 g/mol. The normalized spacial score (nSPS) is 10.6. The second-order valence-electron chi connectivity index (χ2n) is 3.89. The van der Waals surface area contributed by atoms with Gasteiger partial charge in [-0.1, -0.05) is 18.2 Å². The van der Waals surface area contributed by atoms with E-state index < -0.39 is 0 Å². The smallest absolute Gasteiger partial charge is 0.243 e. The van der Waals surface area contributed by atoms with Gasteiger partial charge in [0.15, 0.2) is 5.69 Å². The van der Waals surface area contributed by atoms with Crippen LogP contribution in [0.2, 0.25) is 0 Å². The molecule has 4 nitrogen and oxygen atoms in total. The van der Waals surface area contributed by atoms with Gasteiger partial charge < -0.3 is 4.74 Å². The highest BCUT2D eigenvalue weighted by Crippen LogP contribution is 2.28. The number of hydrogen-bond acceptors (Lipinski definition) is 5. The van der Waals surface area contributed by atoms with Gasteiger partial charge in [0, 0.05) is 33.4 Å². The molecule has 2 heterocycles. The van der Waals surface area contributed by atoms with Crippen LogP contribution < -0.4 is 4.74 Å². The maximum atomic E-state index is 12.5. The molecule has 1 aromatic carbocycles. The van der Waals surface area contributed by atoms with Crippen molar-refractivity contribution in [1.29, 1.82) is 0 Å². The average molecular weight is 270 g/mol. The average Bonchev–Trinajstić information content (AvgIpc) is 2.90. The number of benzene rings is 1. The lowest BCUT2D eigenvalue weighted by Gasteiger charge is -2.04. The first kappa shape index (κ1) is 11.8. The molecule has 3 aromatic rings. The van der Waals surface area contributed by atoms with E-state index in [1.165, 1.54) is 19.5 Å². The molecule has 0 saturated carbocycles. The predicted octanol–water partition coefficient (Wildman–Crippen LogP) is 2.93. The van der Waals surface area contributed by atoms with E-state index >= 15 is 0 Å². The Morgan fingerprint density at radius 1 is 1.21 bits per heavy atom. The molecule has 3 rings (SSSR count). The summed E-state index contributed by atoms with van der Waals surface area (Å²) in [6.07, 6.45) is 2.99. The van der Waals surface area contributed by atoms with Crippen molar-refractivity contribution in [1.82, 2.24) is 9.97 Å². The molecule has 0 N–H and O–H groups in total. The van der Waals surface area contributed by atoms with Gasteiger partial charge in [-0.15, -0.1) is 11.3 Å². The number of rotatable bonds is 3. The fourth-order valence-corrected chi connectivity index (χ4v) is 2.85. The molecule has 0 bridgehead atoms. The lowest BCUT2D eigenvalue weighted by Crippen LogP contribution is -2.07. The molecule has 0 atom stereocenters. The van der Waals surface area contributed by atoms with Crippen LogP contribution in [-0.2, 0) is 0 Å². The number of ether oxygens (including phenoxy) is 1. The van der Waals surface area contributed by atoms with Crippen LogP contribution in [0.3, 0.4) is 0 Å². The zero-order valence-electron chi connectivity index (χ0n) is 10.2. The Morgan fingerprint density at radius 3 is 2.84 bits per heavy atom. The molecule has 0 saturated heterocycles. The van der Waals surface area contributed by atoms with Gasteiger partial charge in [0.2, 0.25) is 11.7 Å². The summed E-state index contributed by atoms with van der Waals surface area (Å²) < 4.78 is 6.16. The number of hydrogen-bond donors (Lipinski definition) is 0. The number of fused-ring (bicyclic) bond motifs is 1. The lowest BCUT2D eigenvalue weighted by molar-refractivity contribution is 0.103. The molecule has 0 unspecified atom stereocenters. The zero-order chi connectivity index (χ0) is 13.2. The highest BCUT2D eigenvalue weighted by Gasteiger charge is 2.19. The molecule has 0 radical (unpaired) electrons. The van der Waals surface area contributed by atoms with Crippen molar-refractivity contribution in [2.45, 2.75) is 0 Å². The van der Waals surface area contributed by atoms with E-state index in [0.717, 1.165) is 10.1 Å². The van der Waals surface area contributed by atoms with Crippen molar-refractivity contribution in [3.8, 4) is 5.88 Å². The van der Waals surface area contributed by atoms with Crippen LogP contribution in [0, 0.1) is 0 Å². The fraction of sp³-hybridized carbons (Fsp3) is 0.0714. The van der Waals surface area contributed by atoms with E-state index in [9.17, 15) is 4.79 Å². The van der Waals surface area contributed by atoms with Crippen molar-refractivity contribution >= 4 is 27.2 Å². The summed E-state index contributed by atoms with van der Waals surface area (Å²) in [5.41, 5.74) is 0.882. The van der Waals surface area contributed by atoms with Gasteiger partial charge in [0.1, 0.15) is 0 Å². The Labute approximate surface area is 113 Å². The molecule has 19 heavy (non-hydrogen) atoms. The number of carbonyl (C=O) groups excluding carboxylic acids is 1. The molecule has 2 aromatic heterocycles. The van der Waals surface area contributed by atoms with Crippen LogP contribution in [0.5, 0.6) is 5.88 Å². The second kappa shape index (κ2) is 4.78. The first-order valence-electron chi connectivity index (χ1n) is 5.67. The molecule has 0 amide bonds. The monoisotopic (exact) mass is 270 g/mol. The predicted molar refractivity (Wildman–Crippen MR) is 73.8 cm³/mol. The van der Waals surface area contributed by atoms with Crippen molar-refractivity contribution in [2.75, 3.05) is 7.11 Å². The summed E-state index contributed by atoms with van der Waals surface area (Å²) in [5, 5.41) is 2.78. The Balaban J connectivity index is 2.14. The summed E-state index contributed by atoms with van der Waals surface area (Å²) in [6, 6.07) is 7.79. The van der Waals surface area contributed by atoms with Gasteiger partial charge in [-0.05, 0) is 6.07 Å². The van der Waals surface area contributed by atoms with Crippen LogP contribution in [-0.4, -0.2) is 22.9 Å². The van der Waals surface area contributed by atoms with E-state index in [-0.39, 0.29) is 17.4 Å². The Bertz CT molecular complexity index is 752. The van der Waals surface area contributed by atoms with E-state index in [4.69, 9.17) is 4.74 Å². The summed E-state index contributed by atoms with van der Waals surface area (Å²) in [7, 11) is 1.48. The third-order valence-electron chi connectivity index (χ3n) is 2.80. The summed E-state index contributed by atoms with van der Waals surface area (Å²) in [5.74, 6) is 0.0881. The third kappa shape index (κ3) is 1.98. The number of ketones is 1. The van der Waals surface area contributed by atoms with Gasteiger partial charge in [-0.25, -0.2) is 9.97 Å². The SMILES string of the molecule is COc1nccnc1C(=O)c1csc2ccccc12. The molecule has 0 aliphatic heterocycles. The second-order valence-corrected chi connectivity index (χ2v) is 4.80. The van der Waals surface area contributed by atoms with Crippen molar-refractivity contribution < 1.29 is 9.53 Å². The summed E-state index contributed by atoms with van der Waals surface area (Å²) in [6.45, 7) is 0. The van der Waals surface area contributed by atoms with Crippen molar-refractivity contribution in [2.24, 2.45) is 0 Å². The first-order valence-corrected chi connectivity index (χ1v) is 6.55. The topological polar surface area (TPSA) is 52.1 Å². The third-order valence-corrected chi connectivity index (χ3v) is 3.76. The van der Waals surface area contributed by atoms with Crippen LogP contribution in [0.15, 0.2) is 42.0 Å². The van der Waals surface area contributed by atoms with Crippen LogP contribution >= 0.6 is 11.3 Å². The van der Waals surface area contributed by atoms with Crippen molar-refractivity contribution in [3.63, 3.8) is 0 Å². The molecule has 94 valence electrons. The minimum atomic E-state index is -0.164. The summed E-state index contributed by atoms with van der Waals surface area (Å²) in [4.78, 5) is 20.6. The minimum absolute atomic E-state index is 0.164. The number of nitrogens with zero attached hydrogens (tertiary/aromatic N) is 2. The number of methoxy groups -OCH3 is 1. The fourth-order valence-electron chi connectivity index (χ4n) is 1.91. The Kier molecular flexibility index (Phi) is 2.97. The van der Waals surface area contributed by atoms with Gasteiger partial charge in [-0.2, -0.15) is 0 Å². The van der Waals surface area contributed by atoms with Gasteiger partial charge in [0.25, 0.3) is 0 Å². The van der Waals surface area contributed by atoms with E-state index in [1.54, 1.807) is 11.3 Å². The number of aromatic nitrogens is 2. The van der Waals surface area contributed by atoms with Crippen LogP contribution in [0.25, 0.3) is 10.1 Å². The minimum Gasteiger partial charge on any atom is -0.479 e. The molecular formula is C14H10N2O2S. The van der Waals surface area contributed by atoms with E-state index in [0.29, 0.717) is 5.56 Å². The molecule has 0 spiro atoms. The molecule has 5 heteroatoms. The zero-order valence-corrected chi connectivity index (χ0v) is 11.0. The van der Waals surface area contributed by atoms with Crippen LogP contribution in [0.4, 0.5) is 0 Å². The maximum Gasteiger partial charge on any atom is 0.243 e. The quantitative estimate of drug-likeness (QED) is 0.687. The number of carbonyl (C=O) groups is 1. The first-order chi connectivity index (χ1) is 9.31. The Morgan fingerprint density at radius 2 is 2.00 bits per heavy atom. The molecule has 0 fully saturated rings. The Hall–Kier alpha value is -2.27. The van der Waals surface area contributed by atoms with Crippen molar-refractivity contribution in [3.05, 3.63) is 53.3 Å². The highest BCUT2D eigenvalue weighted by atomic mass is 32.1.